The fraction of sp³-hybridized carbons (Fsp3) is 0.480. The van der Waals surface area contributed by atoms with Crippen LogP contribution in [0.3, 0.4) is 0 Å². The van der Waals surface area contributed by atoms with E-state index in [1.807, 2.05) is 34.7 Å². The Morgan fingerprint density at radius 1 is 1.17 bits per heavy atom. The van der Waals surface area contributed by atoms with Crippen LogP contribution in [0.15, 0.2) is 51.0 Å². The summed E-state index contributed by atoms with van der Waals surface area (Å²) in [4.78, 5) is 33.3. The van der Waals surface area contributed by atoms with Gasteiger partial charge < -0.3 is 15.0 Å². The van der Waals surface area contributed by atoms with E-state index in [4.69, 9.17) is 4.74 Å². The molecule has 0 aromatic carbocycles. The van der Waals surface area contributed by atoms with Crippen LogP contribution in [-0.4, -0.2) is 56.6 Å². The number of rotatable bonds is 5. The Balaban J connectivity index is 0.00000253. The van der Waals surface area contributed by atoms with Crippen LogP contribution in [0.2, 0.25) is 0 Å². The lowest BCUT2D eigenvalue weighted by atomic mass is 9.89. The molecule has 0 saturated carbocycles. The number of nitrogens with zero attached hydrogens (tertiary/aromatic N) is 4. The SMILES string of the molecule is CC1(NCc2cc3c(cn2)OCCS3)CCN(C[C@@H]2Cn3c(=O)ccc4ccc(=O)n2c43)CC1.Cl. The van der Waals surface area contributed by atoms with Gasteiger partial charge in [-0.25, -0.2) is 0 Å². The minimum atomic E-state index is -0.0366. The highest BCUT2D eigenvalue weighted by molar-refractivity contribution is 7.99. The summed E-state index contributed by atoms with van der Waals surface area (Å²) < 4.78 is 9.24. The van der Waals surface area contributed by atoms with Crippen LogP contribution in [0.1, 0.15) is 31.5 Å². The second-order valence-corrected chi connectivity index (χ2v) is 10.9. The van der Waals surface area contributed by atoms with Gasteiger partial charge in [-0.3, -0.25) is 23.7 Å². The van der Waals surface area contributed by atoms with Gasteiger partial charge in [-0.05, 0) is 51.1 Å². The van der Waals surface area contributed by atoms with Crippen molar-refractivity contribution in [1.29, 1.82) is 0 Å². The van der Waals surface area contributed by atoms with Gasteiger partial charge in [0.05, 0.1) is 29.4 Å². The Bertz CT molecular complexity index is 1360. The first-order valence-electron chi connectivity index (χ1n) is 12.0. The smallest absolute Gasteiger partial charge is 0.252 e. The Morgan fingerprint density at radius 2 is 1.94 bits per heavy atom. The number of likely N-dealkylation sites (tertiary alicyclic amines) is 1. The standard InChI is InChI=1S/C25H29N5O3S.ClH/c1-25(27-13-18-12-21-20(14-26-18)33-10-11-34-21)6-8-28(9-7-25)15-19-16-29-22(31)4-2-17-3-5-23(32)30(19)24(17)29;/h2-5,12,14,19,27H,6-11,13,15-16H2,1H3;1H/t19-;/m1./s1. The van der Waals surface area contributed by atoms with E-state index in [0.29, 0.717) is 6.54 Å². The average molecular weight is 516 g/mol. The van der Waals surface area contributed by atoms with Crippen molar-refractivity contribution in [2.24, 2.45) is 0 Å². The summed E-state index contributed by atoms with van der Waals surface area (Å²) in [5.41, 5.74) is 1.78. The fourth-order valence-electron chi connectivity index (χ4n) is 5.39. The van der Waals surface area contributed by atoms with Crippen LogP contribution in [-0.2, 0) is 13.1 Å². The summed E-state index contributed by atoms with van der Waals surface area (Å²) in [7, 11) is 0. The van der Waals surface area contributed by atoms with Gasteiger partial charge in [-0.1, -0.05) is 0 Å². The van der Waals surface area contributed by atoms with E-state index in [1.165, 1.54) is 4.90 Å². The van der Waals surface area contributed by atoms with E-state index in [0.717, 1.165) is 73.9 Å². The lowest BCUT2D eigenvalue weighted by Crippen LogP contribution is -2.52. The number of pyridine rings is 3. The molecular formula is C25H30ClN5O3S. The number of hydrogen-bond donors (Lipinski definition) is 1. The Morgan fingerprint density at radius 3 is 2.74 bits per heavy atom. The molecule has 3 aliphatic heterocycles. The number of fused-ring (bicyclic) bond motifs is 1. The van der Waals surface area contributed by atoms with Crippen LogP contribution < -0.4 is 21.2 Å². The highest BCUT2D eigenvalue weighted by atomic mass is 35.5. The molecule has 0 radical (unpaired) electrons. The topological polar surface area (TPSA) is 81.4 Å². The number of nitrogens with one attached hydrogen (secondary N) is 1. The van der Waals surface area contributed by atoms with Crippen molar-refractivity contribution in [3.8, 4) is 5.75 Å². The largest absolute Gasteiger partial charge is 0.490 e. The van der Waals surface area contributed by atoms with Gasteiger partial charge in [0.25, 0.3) is 11.1 Å². The molecular weight excluding hydrogens is 486 g/mol. The third-order valence-electron chi connectivity index (χ3n) is 7.43. The van der Waals surface area contributed by atoms with E-state index >= 15 is 0 Å². The molecule has 0 bridgehead atoms. The number of thioether (sulfide) groups is 1. The molecule has 6 heterocycles. The third kappa shape index (κ3) is 4.62. The maximum atomic E-state index is 12.7. The molecule has 1 atom stereocenters. The predicted molar refractivity (Wildman–Crippen MR) is 140 cm³/mol. The van der Waals surface area contributed by atoms with Gasteiger partial charge >= 0.3 is 0 Å². The molecule has 0 spiro atoms. The summed E-state index contributed by atoms with van der Waals surface area (Å²) in [5.74, 6) is 1.88. The van der Waals surface area contributed by atoms with Gasteiger partial charge in [-0.2, -0.15) is 0 Å². The van der Waals surface area contributed by atoms with Crippen molar-refractivity contribution >= 4 is 35.2 Å². The molecule has 3 aromatic rings. The van der Waals surface area contributed by atoms with Crippen LogP contribution in [0, 0.1) is 0 Å². The number of ether oxygens (including phenoxy) is 1. The summed E-state index contributed by atoms with van der Waals surface area (Å²) >= 11 is 1.83. The maximum Gasteiger partial charge on any atom is 0.252 e. The van der Waals surface area contributed by atoms with Crippen molar-refractivity contribution < 1.29 is 4.74 Å². The van der Waals surface area contributed by atoms with Gasteiger partial charge in [0.1, 0.15) is 5.65 Å². The monoisotopic (exact) mass is 515 g/mol. The molecule has 8 nitrogen and oxygen atoms in total. The Kier molecular flexibility index (Phi) is 6.69. The quantitative estimate of drug-likeness (QED) is 0.559. The Hall–Kier alpha value is -2.33. The molecule has 1 N–H and O–H groups in total. The lowest BCUT2D eigenvalue weighted by molar-refractivity contribution is 0.128. The van der Waals surface area contributed by atoms with E-state index in [1.54, 1.807) is 16.7 Å². The van der Waals surface area contributed by atoms with Crippen molar-refractivity contribution in [2.75, 3.05) is 32.0 Å². The zero-order chi connectivity index (χ0) is 23.3. The minimum absolute atomic E-state index is 0. The molecule has 186 valence electrons. The normalized spacial score (nSPS) is 20.8. The minimum Gasteiger partial charge on any atom is -0.490 e. The first-order valence-corrected chi connectivity index (χ1v) is 12.9. The van der Waals surface area contributed by atoms with Crippen molar-refractivity contribution in [1.82, 2.24) is 24.3 Å². The zero-order valence-electron chi connectivity index (χ0n) is 19.7. The number of piperidine rings is 1. The third-order valence-corrected chi connectivity index (χ3v) is 8.43. The molecule has 0 unspecified atom stereocenters. The lowest BCUT2D eigenvalue weighted by Gasteiger charge is -2.41. The molecule has 1 fully saturated rings. The van der Waals surface area contributed by atoms with Crippen LogP contribution in [0.5, 0.6) is 5.75 Å². The van der Waals surface area contributed by atoms with Crippen molar-refractivity contribution in [3.05, 3.63) is 62.9 Å². The first-order chi connectivity index (χ1) is 16.5. The predicted octanol–water partition coefficient (Wildman–Crippen LogP) is 2.66. The van der Waals surface area contributed by atoms with Gasteiger partial charge in [0.15, 0.2) is 5.75 Å². The number of hydrogen-bond acceptors (Lipinski definition) is 7. The summed E-state index contributed by atoms with van der Waals surface area (Å²) in [5, 5.41) is 4.68. The second kappa shape index (κ2) is 9.61. The van der Waals surface area contributed by atoms with E-state index in [2.05, 4.69) is 28.2 Å². The molecule has 0 amide bonds. The second-order valence-electron chi connectivity index (χ2n) is 9.79. The van der Waals surface area contributed by atoms with Crippen molar-refractivity contribution in [3.63, 3.8) is 0 Å². The average Bonchev–Trinajstić information content (AvgIpc) is 3.24. The first kappa shape index (κ1) is 24.4. The van der Waals surface area contributed by atoms with E-state index < -0.39 is 0 Å². The molecule has 35 heavy (non-hydrogen) atoms. The number of aromatic nitrogens is 3. The highest BCUT2D eigenvalue weighted by Gasteiger charge is 2.33. The van der Waals surface area contributed by atoms with Crippen LogP contribution in [0.25, 0.3) is 11.0 Å². The molecule has 0 aliphatic carbocycles. The maximum absolute atomic E-state index is 12.7. The highest BCUT2D eigenvalue weighted by Crippen LogP contribution is 2.33. The van der Waals surface area contributed by atoms with E-state index in [-0.39, 0.29) is 35.1 Å². The van der Waals surface area contributed by atoms with Gasteiger partial charge in [-0.15, -0.1) is 24.2 Å². The molecule has 3 aliphatic rings. The summed E-state index contributed by atoms with van der Waals surface area (Å²) in [6.45, 7) is 7.03. The molecule has 3 aromatic heterocycles. The summed E-state index contributed by atoms with van der Waals surface area (Å²) in [6, 6.07) is 8.97. The molecule has 6 rings (SSSR count). The zero-order valence-corrected chi connectivity index (χ0v) is 21.4. The number of halogens is 1. The van der Waals surface area contributed by atoms with Gasteiger partial charge in [0, 0.05) is 48.4 Å². The Labute approximate surface area is 214 Å². The van der Waals surface area contributed by atoms with Crippen LogP contribution >= 0.6 is 24.2 Å². The molecule has 1 saturated heterocycles. The van der Waals surface area contributed by atoms with E-state index in [9.17, 15) is 9.59 Å². The van der Waals surface area contributed by atoms with Crippen LogP contribution in [0.4, 0.5) is 0 Å². The van der Waals surface area contributed by atoms with Gasteiger partial charge in [0.2, 0.25) is 0 Å². The molecule has 10 heteroatoms. The van der Waals surface area contributed by atoms with Crippen molar-refractivity contribution in [2.45, 2.75) is 49.3 Å². The summed E-state index contributed by atoms with van der Waals surface area (Å²) in [6.07, 6.45) is 3.89. The fourth-order valence-corrected chi connectivity index (χ4v) is 6.25.